The number of nitriles is 1. The summed E-state index contributed by atoms with van der Waals surface area (Å²) in [6.45, 7) is 0. The van der Waals surface area contributed by atoms with Crippen molar-refractivity contribution in [2.75, 3.05) is 0 Å². The molecule has 9 heteroatoms. The van der Waals surface area contributed by atoms with Crippen molar-refractivity contribution in [3.05, 3.63) is 32.3 Å². The van der Waals surface area contributed by atoms with Crippen LogP contribution in [0.2, 0.25) is 0 Å². The fourth-order valence-corrected chi connectivity index (χ4v) is 2.72. The molecule has 6 nitrogen and oxygen atoms in total. The molecular formula is C7H2BrClN2O4S. The van der Waals surface area contributed by atoms with Gasteiger partial charge in [0.25, 0.3) is 9.05 Å². The van der Waals surface area contributed by atoms with Crippen LogP contribution in [0.5, 0.6) is 0 Å². The standard InChI is InChI=1S/C7H2BrClN2O4S/c8-6-4(3-10)1-2-5(16(9,14)15)7(6)11(12)13/h1-2H. The lowest BCUT2D eigenvalue weighted by atomic mass is 10.2. The number of rotatable bonds is 2. The minimum Gasteiger partial charge on any atom is -0.258 e. The third-order valence-electron chi connectivity index (χ3n) is 1.64. The number of nitro groups is 1. The topological polar surface area (TPSA) is 101 Å². The molecular weight excluding hydrogens is 324 g/mol. The van der Waals surface area contributed by atoms with E-state index in [1.165, 1.54) is 0 Å². The molecule has 1 rings (SSSR count). The molecule has 0 spiro atoms. The van der Waals surface area contributed by atoms with Crippen LogP contribution in [-0.2, 0) is 9.05 Å². The minimum atomic E-state index is -4.23. The highest BCUT2D eigenvalue weighted by molar-refractivity contribution is 9.10. The molecule has 0 aromatic heterocycles. The third kappa shape index (κ3) is 2.32. The first-order valence-corrected chi connectivity index (χ1v) is 6.71. The summed E-state index contributed by atoms with van der Waals surface area (Å²) in [7, 11) is 0.804. The zero-order chi connectivity index (χ0) is 12.5. The van der Waals surface area contributed by atoms with Gasteiger partial charge in [0, 0.05) is 10.7 Å². The molecule has 0 aliphatic heterocycles. The van der Waals surface area contributed by atoms with Crippen molar-refractivity contribution in [1.29, 1.82) is 5.26 Å². The van der Waals surface area contributed by atoms with E-state index in [2.05, 4.69) is 15.9 Å². The van der Waals surface area contributed by atoms with Gasteiger partial charge >= 0.3 is 5.69 Å². The highest BCUT2D eigenvalue weighted by Crippen LogP contribution is 2.35. The second kappa shape index (κ2) is 4.37. The van der Waals surface area contributed by atoms with Crippen LogP contribution in [0, 0.1) is 21.4 Å². The second-order valence-corrected chi connectivity index (χ2v) is 5.91. The SMILES string of the molecule is N#Cc1ccc(S(=O)(=O)Cl)c([N+](=O)[O-])c1Br. The monoisotopic (exact) mass is 324 g/mol. The third-order valence-corrected chi connectivity index (χ3v) is 3.80. The molecule has 0 aliphatic carbocycles. The average Bonchev–Trinajstić information content (AvgIpc) is 2.15. The van der Waals surface area contributed by atoms with Gasteiger partial charge in [0.1, 0.15) is 10.5 Å². The van der Waals surface area contributed by atoms with E-state index in [1.807, 2.05) is 0 Å². The lowest BCUT2D eigenvalue weighted by molar-refractivity contribution is -0.388. The first-order chi connectivity index (χ1) is 7.29. The molecule has 0 N–H and O–H groups in total. The van der Waals surface area contributed by atoms with Gasteiger partial charge in [-0.3, -0.25) is 10.1 Å². The molecule has 0 aliphatic rings. The van der Waals surface area contributed by atoms with E-state index in [9.17, 15) is 18.5 Å². The average molecular weight is 326 g/mol. The Hall–Kier alpha value is -1.17. The van der Waals surface area contributed by atoms with Crippen molar-refractivity contribution >= 4 is 41.4 Å². The van der Waals surface area contributed by atoms with Gasteiger partial charge < -0.3 is 0 Å². The van der Waals surface area contributed by atoms with Crippen LogP contribution in [0.1, 0.15) is 5.56 Å². The highest BCUT2D eigenvalue weighted by atomic mass is 79.9. The molecule has 1 aromatic rings. The van der Waals surface area contributed by atoms with Gasteiger partial charge in [0.05, 0.1) is 10.5 Å². The van der Waals surface area contributed by atoms with E-state index in [1.54, 1.807) is 6.07 Å². The van der Waals surface area contributed by atoms with Crippen LogP contribution in [0.4, 0.5) is 5.69 Å². The number of halogens is 2. The molecule has 0 amide bonds. The fraction of sp³-hybridized carbons (Fsp3) is 0. The molecule has 1 aromatic carbocycles. The lowest BCUT2D eigenvalue weighted by Gasteiger charge is -2.02. The van der Waals surface area contributed by atoms with Gasteiger partial charge in [-0.1, -0.05) is 0 Å². The van der Waals surface area contributed by atoms with Gasteiger partial charge in [0.2, 0.25) is 0 Å². The van der Waals surface area contributed by atoms with Crippen LogP contribution < -0.4 is 0 Å². The molecule has 0 fully saturated rings. The summed E-state index contributed by atoms with van der Waals surface area (Å²) in [4.78, 5) is 9.14. The Morgan fingerprint density at radius 3 is 2.44 bits per heavy atom. The van der Waals surface area contributed by atoms with Gasteiger partial charge in [0.15, 0.2) is 4.90 Å². The van der Waals surface area contributed by atoms with E-state index >= 15 is 0 Å². The van der Waals surface area contributed by atoms with Gasteiger partial charge in [-0.2, -0.15) is 5.26 Å². The van der Waals surface area contributed by atoms with Crippen LogP contribution in [0.25, 0.3) is 0 Å². The number of benzene rings is 1. The molecule has 0 saturated carbocycles. The van der Waals surface area contributed by atoms with E-state index in [0.717, 1.165) is 12.1 Å². The van der Waals surface area contributed by atoms with Crippen molar-refractivity contribution < 1.29 is 13.3 Å². The fourth-order valence-electron chi connectivity index (χ4n) is 1.00. The Morgan fingerprint density at radius 1 is 1.50 bits per heavy atom. The quantitative estimate of drug-likeness (QED) is 0.471. The Balaban J connectivity index is 3.76. The van der Waals surface area contributed by atoms with Gasteiger partial charge in [-0.05, 0) is 28.1 Å². The number of nitro benzene ring substituents is 1. The first kappa shape index (κ1) is 12.9. The zero-order valence-electron chi connectivity index (χ0n) is 7.35. The van der Waals surface area contributed by atoms with Gasteiger partial charge in [-0.25, -0.2) is 8.42 Å². The zero-order valence-corrected chi connectivity index (χ0v) is 10.5. The Labute approximate surface area is 103 Å². The van der Waals surface area contributed by atoms with Crippen molar-refractivity contribution in [2.24, 2.45) is 0 Å². The smallest absolute Gasteiger partial charge is 0.258 e. The summed E-state index contributed by atoms with van der Waals surface area (Å²) in [5.41, 5.74) is -0.787. The molecule has 0 atom stereocenters. The van der Waals surface area contributed by atoms with E-state index in [-0.39, 0.29) is 10.0 Å². The largest absolute Gasteiger partial charge is 0.304 e. The Kier molecular flexibility index (Phi) is 3.52. The summed E-state index contributed by atoms with van der Waals surface area (Å²) < 4.78 is 21.9. The first-order valence-electron chi connectivity index (χ1n) is 3.60. The summed E-state index contributed by atoms with van der Waals surface area (Å²) in [6.07, 6.45) is 0. The molecule has 0 heterocycles. The highest BCUT2D eigenvalue weighted by Gasteiger charge is 2.28. The van der Waals surface area contributed by atoms with Crippen LogP contribution >= 0.6 is 26.6 Å². The predicted octanol–water partition coefficient (Wildman–Crippen LogP) is 2.16. The van der Waals surface area contributed by atoms with Gasteiger partial charge in [-0.15, -0.1) is 0 Å². The Morgan fingerprint density at radius 2 is 2.06 bits per heavy atom. The summed E-state index contributed by atoms with van der Waals surface area (Å²) in [5.74, 6) is 0. The molecule has 0 radical (unpaired) electrons. The summed E-state index contributed by atoms with van der Waals surface area (Å²) in [6, 6.07) is 3.73. The van der Waals surface area contributed by atoms with Crippen LogP contribution in [0.15, 0.2) is 21.5 Å². The maximum atomic E-state index is 11.1. The number of hydrogen-bond acceptors (Lipinski definition) is 5. The minimum absolute atomic E-state index is 0.0456. The van der Waals surface area contributed by atoms with E-state index in [0.29, 0.717) is 0 Å². The maximum absolute atomic E-state index is 11.1. The summed E-state index contributed by atoms with van der Waals surface area (Å²) in [5, 5.41) is 19.3. The summed E-state index contributed by atoms with van der Waals surface area (Å²) >= 11 is 2.80. The second-order valence-electron chi connectivity index (χ2n) is 2.58. The van der Waals surface area contributed by atoms with Crippen LogP contribution in [-0.4, -0.2) is 13.3 Å². The van der Waals surface area contributed by atoms with Crippen molar-refractivity contribution in [1.82, 2.24) is 0 Å². The molecule has 0 bridgehead atoms. The van der Waals surface area contributed by atoms with E-state index < -0.39 is 24.6 Å². The molecule has 84 valence electrons. The van der Waals surface area contributed by atoms with E-state index in [4.69, 9.17) is 15.9 Å². The maximum Gasteiger partial charge on any atom is 0.304 e. The molecule has 0 unspecified atom stereocenters. The number of nitrogens with zero attached hydrogens (tertiary/aromatic N) is 2. The predicted molar refractivity (Wildman–Crippen MR) is 58.6 cm³/mol. The van der Waals surface area contributed by atoms with Crippen molar-refractivity contribution in [3.63, 3.8) is 0 Å². The molecule has 0 saturated heterocycles. The van der Waals surface area contributed by atoms with Crippen LogP contribution in [0.3, 0.4) is 0 Å². The number of hydrogen-bond donors (Lipinski definition) is 0. The van der Waals surface area contributed by atoms with Crippen molar-refractivity contribution in [3.8, 4) is 6.07 Å². The van der Waals surface area contributed by atoms with Crippen molar-refractivity contribution in [2.45, 2.75) is 4.90 Å². The lowest BCUT2D eigenvalue weighted by Crippen LogP contribution is -2.01. The Bertz CT molecular complexity index is 608. The molecule has 16 heavy (non-hydrogen) atoms. The normalized spacial score (nSPS) is 10.8.